The lowest BCUT2D eigenvalue weighted by atomic mass is 9.81. The van der Waals surface area contributed by atoms with E-state index in [1.165, 1.54) is 0 Å². The summed E-state index contributed by atoms with van der Waals surface area (Å²) < 4.78 is 0. The standard InChI is InChI=1S/C12H24N2O3.B2H3/c1-8(2)11(14)10(15)7-9(12(16)17)5-3-4-6-13;1-2/h8-9,11H,3-7,13-14H2,1-2H3,(H,16,17);1H3/q;-1/p+2. The monoisotopic (exact) mass is 271 g/mol. The van der Waals surface area contributed by atoms with Crippen LogP contribution in [0.5, 0.6) is 0 Å². The average molecular weight is 271 g/mol. The van der Waals surface area contributed by atoms with Gasteiger partial charge in [0.25, 0.3) is 0 Å². The molecule has 7 heteroatoms. The van der Waals surface area contributed by atoms with Gasteiger partial charge in [-0.15, -0.1) is 0 Å². The van der Waals surface area contributed by atoms with E-state index < -0.39 is 11.9 Å². The highest BCUT2D eigenvalue weighted by atomic mass is 16.4. The van der Waals surface area contributed by atoms with Crippen molar-refractivity contribution >= 4 is 27.2 Å². The maximum absolute atomic E-state index is 11.8. The zero-order chi connectivity index (χ0) is 15.4. The van der Waals surface area contributed by atoms with Crippen LogP contribution in [0.15, 0.2) is 0 Å². The zero-order valence-corrected chi connectivity index (χ0v) is 11.5. The first-order valence-electron chi connectivity index (χ1n) is 6.28. The molecule has 0 aliphatic heterocycles. The predicted octanol–water partition coefficient (Wildman–Crippen LogP) is -2.24. The fourth-order valence-electron chi connectivity index (χ4n) is 1.65. The third kappa shape index (κ3) is 9.73. The van der Waals surface area contributed by atoms with E-state index in [-0.39, 0.29) is 31.9 Å². The normalized spacial score (nSPS) is 13.4. The Morgan fingerprint density at radius 1 is 1.26 bits per heavy atom. The van der Waals surface area contributed by atoms with Gasteiger partial charge in [0.15, 0.2) is 5.78 Å². The first-order chi connectivity index (χ1) is 8.90. The Kier molecular flexibility index (Phi) is 13.2. The molecule has 0 rings (SSSR count). The van der Waals surface area contributed by atoms with E-state index in [1.54, 1.807) is 0 Å². The molecule has 110 valence electrons. The number of ketones is 1. The van der Waals surface area contributed by atoms with Gasteiger partial charge in [0.1, 0.15) is 6.04 Å². The van der Waals surface area contributed by atoms with Crippen LogP contribution in [-0.2, 0) is 9.59 Å². The fourth-order valence-corrected chi connectivity index (χ4v) is 1.65. The van der Waals surface area contributed by atoms with Crippen LogP contribution in [0, 0.1) is 11.8 Å². The Labute approximate surface area is 118 Å². The van der Waals surface area contributed by atoms with Gasteiger partial charge in [0, 0.05) is 12.3 Å². The van der Waals surface area contributed by atoms with Crippen LogP contribution in [-0.4, -0.2) is 44.9 Å². The molecule has 0 fully saturated rings. The number of Topliss-reactive ketones (excluding diaryl/α,β-unsaturated/α-hetero) is 1. The molecule has 0 saturated carbocycles. The van der Waals surface area contributed by atoms with Crippen molar-refractivity contribution in [1.29, 1.82) is 0 Å². The number of hydrogen-bond acceptors (Lipinski definition) is 2. The summed E-state index contributed by atoms with van der Waals surface area (Å²) in [6.45, 7) is 4.66. The summed E-state index contributed by atoms with van der Waals surface area (Å²) in [4.78, 5) is 22.8. The molecule has 0 spiro atoms. The van der Waals surface area contributed by atoms with E-state index in [2.05, 4.69) is 11.5 Å². The molecule has 2 atom stereocenters. The quantitative estimate of drug-likeness (QED) is 0.326. The largest absolute Gasteiger partial charge is 0.481 e. The van der Waals surface area contributed by atoms with Gasteiger partial charge >= 0.3 is 5.97 Å². The van der Waals surface area contributed by atoms with Crippen molar-refractivity contribution in [3.8, 4) is 0 Å². The second kappa shape index (κ2) is 12.2. The van der Waals surface area contributed by atoms with Gasteiger partial charge in [0.2, 0.25) is 0 Å². The molecule has 0 aliphatic carbocycles. The van der Waals surface area contributed by atoms with E-state index in [0.29, 0.717) is 6.42 Å². The Hall–Kier alpha value is -0.810. The molecule has 0 aromatic heterocycles. The van der Waals surface area contributed by atoms with Crippen LogP contribution in [0.2, 0.25) is 0 Å². The maximum Gasteiger partial charge on any atom is 0.306 e. The van der Waals surface area contributed by atoms with Gasteiger partial charge in [0.05, 0.1) is 12.5 Å². The number of rotatable bonds is 9. The summed E-state index contributed by atoms with van der Waals surface area (Å²) in [6.07, 6.45) is 2.40. The molecule has 0 aliphatic rings. The van der Waals surface area contributed by atoms with Crippen molar-refractivity contribution in [2.24, 2.45) is 11.8 Å². The SMILES string of the molecule is CC(C)C([NH3+])C(=O)CC(CCCC[NH3+])C(=O)O.[B][BH3-]. The minimum absolute atomic E-state index is 0.0398. The Morgan fingerprint density at radius 3 is 2.16 bits per heavy atom. The number of carboxylic acids is 1. The van der Waals surface area contributed by atoms with Crippen molar-refractivity contribution < 1.29 is 26.2 Å². The second-order valence-electron chi connectivity index (χ2n) is 4.91. The molecule has 2 unspecified atom stereocenters. The molecule has 0 saturated heterocycles. The number of aliphatic carboxylic acids is 1. The zero-order valence-electron chi connectivity index (χ0n) is 11.5. The number of carbonyl (C=O) groups excluding carboxylic acids is 1. The molecular weight excluding hydrogens is 242 g/mol. The Morgan fingerprint density at radius 2 is 1.79 bits per heavy atom. The molecule has 0 bridgehead atoms. The number of carbonyl (C=O) groups is 2. The molecule has 2 radical (unpaired) electrons. The van der Waals surface area contributed by atoms with Gasteiger partial charge < -0.3 is 16.6 Å². The third-order valence-electron chi connectivity index (χ3n) is 3.07. The van der Waals surface area contributed by atoms with Gasteiger partial charge in [-0.05, 0) is 19.3 Å². The van der Waals surface area contributed by atoms with Gasteiger partial charge in [-0.3, -0.25) is 9.59 Å². The average Bonchev–Trinajstić information content (AvgIpc) is 2.38. The number of quaternary nitrogens is 2. The smallest absolute Gasteiger partial charge is 0.306 e. The lowest BCUT2D eigenvalue weighted by Gasteiger charge is -2.15. The van der Waals surface area contributed by atoms with Crippen molar-refractivity contribution in [3.05, 3.63) is 0 Å². The highest BCUT2D eigenvalue weighted by Crippen LogP contribution is 2.15. The molecule has 0 aromatic carbocycles. The van der Waals surface area contributed by atoms with E-state index in [1.807, 2.05) is 13.8 Å². The highest BCUT2D eigenvalue weighted by Gasteiger charge is 2.27. The minimum Gasteiger partial charge on any atom is -0.481 e. The summed E-state index contributed by atoms with van der Waals surface area (Å²) in [5.74, 6) is -1.31. The van der Waals surface area contributed by atoms with Crippen LogP contribution in [0.4, 0.5) is 0 Å². The van der Waals surface area contributed by atoms with Gasteiger partial charge in [-0.2, -0.15) is 7.74 Å². The van der Waals surface area contributed by atoms with Gasteiger partial charge in [-0.1, -0.05) is 21.6 Å². The molecule has 0 amide bonds. The predicted molar refractivity (Wildman–Crippen MR) is 79.6 cm³/mol. The first kappa shape index (κ1) is 20.5. The number of unbranched alkanes of at least 4 members (excludes halogenated alkanes) is 1. The fraction of sp³-hybridized carbons (Fsp3) is 0.833. The van der Waals surface area contributed by atoms with E-state index >= 15 is 0 Å². The molecule has 5 nitrogen and oxygen atoms in total. The third-order valence-corrected chi connectivity index (χ3v) is 3.07. The van der Waals surface area contributed by atoms with E-state index in [9.17, 15) is 9.59 Å². The molecule has 7 N–H and O–H groups in total. The lowest BCUT2D eigenvalue weighted by molar-refractivity contribution is -0.413. The Bertz CT molecular complexity index is 263. The topological polar surface area (TPSA) is 110 Å². The minimum atomic E-state index is -0.877. The van der Waals surface area contributed by atoms with Crippen molar-refractivity contribution in [3.63, 3.8) is 0 Å². The lowest BCUT2D eigenvalue weighted by Crippen LogP contribution is -2.67. The van der Waals surface area contributed by atoms with Crippen molar-refractivity contribution in [2.45, 2.75) is 45.6 Å². The second-order valence-corrected chi connectivity index (χ2v) is 4.91. The molecular formula is C12H29B2N2O3+. The summed E-state index contributed by atoms with van der Waals surface area (Å²) in [5, 5.41) is 9.05. The number of hydrogen-bond donors (Lipinski definition) is 3. The molecule has 19 heavy (non-hydrogen) atoms. The summed E-state index contributed by atoms with van der Waals surface area (Å²) in [6, 6.07) is -0.301. The van der Waals surface area contributed by atoms with E-state index in [4.69, 9.17) is 12.8 Å². The summed E-state index contributed by atoms with van der Waals surface area (Å²) >= 11 is 0. The Balaban J connectivity index is 0. The summed E-state index contributed by atoms with van der Waals surface area (Å²) in [7, 11) is 5.00. The van der Waals surface area contributed by atoms with Crippen LogP contribution in [0.3, 0.4) is 0 Å². The van der Waals surface area contributed by atoms with Crippen LogP contribution >= 0.6 is 0 Å². The molecule has 0 heterocycles. The highest BCUT2D eigenvalue weighted by molar-refractivity contribution is 6.75. The molecule has 0 aromatic rings. The summed E-state index contributed by atoms with van der Waals surface area (Å²) in [5.41, 5.74) is 7.51. The maximum atomic E-state index is 11.8. The first-order valence-corrected chi connectivity index (χ1v) is 6.28. The van der Waals surface area contributed by atoms with Crippen molar-refractivity contribution in [2.75, 3.05) is 6.54 Å². The van der Waals surface area contributed by atoms with Crippen LogP contribution in [0.1, 0.15) is 39.5 Å². The van der Waals surface area contributed by atoms with Gasteiger partial charge in [-0.25, -0.2) is 0 Å². The van der Waals surface area contributed by atoms with Crippen molar-refractivity contribution in [1.82, 2.24) is 0 Å². The van der Waals surface area contributed by atoms with Crippen LogP contribution < -0.4 is 11.5 Å². The van der Waals surface area contributed by atoms with E-state index in [0.717, 1.165) is 19.4 Å². The number of carboxylic acid groups (broad SMARTS) is 1. The van der Waals surface area contributed by atoms with Crippen LogP contribution in [0.25, 0.3) is 0 Å².